The Labute approximate surface area is 234 Å². The number of rotatable bonds is 1. The summed E-state index contributed by atoms with van der Waals surface area (Å²) in [5, 5.41) is 45.4. The lowest BCUT2D eigenvalue weighted by molar-refractivity contribution is -0.159. The standard InChI is InChI=1S/C32H40O8/c1-15-6-9-23(34)16(2)11-22-24(35)12-19(14-33)13-32(22)29(38)25(30(39)40-32)28(37)31(5)21(15)8-7-20-26(31)17(3)10-18(4)27(20)36/h6-8,11-12,14,17-18,20-24,26-27,34-37H,9-10,13H2,1-5H3/b15-6+,16-11+,28-25+/t17-,18-,20-,21-,22+,23-,24-,26+,27-,31+,32-/m0/s1. The predicted molar refractivity (Wildman–Crippen MR) is 147 cm³/mol. The van der Waals surface area contributed by atoms with Crippen molar-refractivity contribution >= 4 is 18.0 Å². The van der Waals surface area contributed by atoms with Crippen LogP contribution in [0.1, 0.15) is 53.9 Å². The maximum atomic E-state index is 14.3. The monoisotopic (exact) mass is 552 g/mol. The molecule has 5 rings (SSSR count). The second-order valence-corrected chi connectivity index (χ2v) is 12.9. The normalized spacial score (nSPS) is 49.8. The van der Waals surface area contributed by atoms with Gasteiger partial charge in [0.1, 0.15) is 17.6 Å². The first-order valence-corrected chi connectivity index (χ1v) is 14.2. The summed E-state index contributed by atoms with van der Waals surface area (Å²) in [6, 6.07) is 0. The molecule has 1 spiro atoms. The van der Waals surface area contributed by atoms with Crippen LogP contribution in [0.25, 0.3) is 0 Å². The topological polar surface area (TPSA) is 141 Å². The van der Waals surface area contributed by atoms with Gasteiger partial charge in [-0.2, -0.15) is 0 Å². The molecule has 4 N–H and O–H groups in total. The van der Waals surface area contributed by atoms with Gasteiger partial charge in [0.15, 0.2) is 5.60 Å². The van der Waals surface area contributed by atoms with Crippen molar-refractivity contribution in [3.05, 3.63) is 58.4 Å². The minimum absolute atomic E-state index is 0.0332. The van der Waals surface area contributed by atoms with Crippen LogP contribution in [0.3, 0.4) is 0 Å². The zero-order valence-electron chi connectivity index (χ0n) is 23.7. The number of ether oxygens (including phenoxy) is 1. The molecular formula is C32H40O8. The van der Waals surface area contributed by atoms with Gasteiger partial charge in [-0.25, -0.2) is 4.79 Å². The number of carbonyl (C=O) groups excluding carboxylic acids is 3. The Morgan fingerprint density at radius 1 is 1.02 bits per heavy atom. The van der Waals surface area contributed by atoms with Gasteiger partial charge in [0, 0.05) is 23.7 Å². The lowest BCUT2D eigenvalue weighted by atomic mass is 9.49. The quantitative estimate of drug-likeness (QED) is 0.168. The molecular weight excluding hydrogens is 512 g/mol. The number of aldehydes is 1. The van der Waals surface area contributed by atoms with E-state index in [-0.39, 0.29) is 47.8 Å². The number of Topliss-reactive ketones (excluding diaryl/α,β-unsaturated/α-hetero) is 1. The Hall–Kier alpha value is -2.81. The van der Waals surface area contributed by atoms with E-state index >= 15 is 0 Å². The lowest BCUT2D eigenvalue weighted by Gasteiger charge is -2.55. The maximum absolute atomic E-state index is 14.3. The van der Waals surface area contributed by atoms with Gasteiger partial charge in [-0.3, -0.25) is 9.59 Å². The van der Waals surface area contributed by atoms with Gasteiger partial charge in [0.05, 0.1) is 24.2 Å². The van der Waals surface area contributed by atoms with E-state index in [4.69, 9.17) is 4.74 Å². The average molecular weight is 553 g/mol. The van der Waals surface area contributed by atoms with Crippen molar-refractivity contribution in [1.82, 2.24) is 0 Å². The van der Waals surface area contributed by atoms with E-state index < -0.39 is 58.5 Å². The van der Waals surface area contributed by atoms with Crippen LogP contribution in [0.5, 0.6) is 0 Å². The van der Waals surface area contributed by atoms with E-state index in [9.17, 15) is 34.8 Å². The molecule has 1 aliphatic heterocycles. The Balaban J connectivity index is 1.79. The van der Waals surface area contributed by atoms with Crippen LogP contribution in [0, 0.1) is 40.9 Å². The molecule has 0 aromatic rings. The van der Waals surface area contributed by atoms with E-state index in [1.807, 2.05) is 39.0 Å². The fraction of sp³-hybridized carbons (Fsp3) is 0.594. The second kappa shape index (κ2) is 9.93. The molecule has 0 unspecified atom stereocenters. The number of hydrogen-bond donors (Lipinski definition) is 4. The van der Waals surface area contributed by atoms with Gasteiger partial charge < -0.3 is 25.2 Å². The Kier molecular flexibility index (Phi) is 7.12. The molecule has 11 atom stereocenters. The molecule has 8 nitrogen and oxygen atoms in total. The van der Waals surface area contributed by atoms with Crippen LogP contribution >= 0.6 is 0 Å². The van der Waals surface area contributed by atoms with Crippen LogP contribution in [0.4, 0.5) is 0 Å². The van der Waals surface area contributed by atoms with Crippen molar-refractivity contribution in [2.45, 2.75) is 77.8 Å². The van der Waals surface area contributed by atoms with Crippen molar-refractivity contribution in [2.75, 3.05) is 0 Å². The fourth-order valence-electron chi connectivity index (χ4n) is 8.42. The first-order valence-electron chi connectivity index (χ1n) is 14.2. The van der Waals surface area contributed by atoms with Crippen molar-refractivity contribution in [1.29, 1.82) is 0 Å². The molecule has 5 aliphatic rings. The van der Waals surface area contributed by atoms with Crippen LogP contribution in [0.2, 0.25) is 0 Å². The molecule has 8 heteroatoms. The number of allylic oxidation sites excluding steroid dienone is 3. The summed E-state index contributed by atoms with van der Waals surface area (Å²) in [6.07, 6.45) is 7.02. The third kappa shape index (κ3) is 4.02. The average Bonchev–Trinajstić information content (AvgIpc) is 3.14. The first-order chi connectivity index (χ1) is 18.8. The van der Waals surface area contributed by atoms with Crippen LogP contribution in [0.15, 0.2) is 58.4 Å². The van der Waals surface area contributed by atoms with Crippen molar-refractivity contribution in [3.8, 4) is 0 Å². The van der Waals surface area contributed by atoms with Crippen LogP contribution in [-0.4, -0.2) is 62.4 Å². The van der Waals surface area contributed by atoms with E-state index in [1.165, 1.54) is 6.08 Å². The Bertz CT molecular complexity index is 1290. The molecule has 1 saturated heterocycles. The van der Waals surface area contributed by atoms with Crippen LogP contribution in [-0.2, 0) is 19.1 Å². The smallest absolute Gasteiger partial charge is 0.346 e. The zero-order chi connectivity index (χ0) is 29.3. The summed E-state index contributed by atoms with van der Waals surface area (Å²) in [5.74, 6) is -4.22. The molecule has 216 valence electrons. The lowest BCUT2D eigenvalue weighted by Crippen LogP contribution is -2.54. The number of fused-ring (bicyclic) bond motifs is 4. The van der Waals surface area contributed by atoms with E-state index in [2.05, 4.69) is 6.92 Å². The van der Waals surface area contributed by atoms with Crippen molar-refractivity contribution < 1.29 is 39.5 Å². The highest BCUT2D eigenvalue weighted by Gasteiger charge is 2.64. The molecule has 2 fully saturated rings. The number of ketones is 1. The number of aliphatic hydroxyl groups excluding tert-OH is 4. The summed E-state index contributed by atoms with van der Waals surface area (Å²) < 4.78 is 5.81. The Morgan fingerprint density at radius 2 is 1.73 bits per heavy atom. The molecule has 0 aromatic heterocycles. The molecule has 40 heavy (non-hydrogen) atoms. The van der Waals surface area contributed by atoms with Crippen LogP contribution < -0.4 is 0 Å². The van der Waals surface area contributed by atoms with Gasteiger partial charge in [-0.15, -0.1) is 0 Å². The second-order valence-electron chi connectivity index (χ2n) is 12.9. The summed E-state index contributed by atoms with van der Waals surface area (Å²) >= 11 is 0. The molecule has 1 heterocycles. The zero-order valence-corrected chi connectivity index (χ0v) is 23.7. The van der Waals surface area contributed by atoms with E-state index in [1.54, 1.807) is 13.0 Å². The van der Waals surface area contributed by atoms with E-state index in [0.717, 1.165) is 5.57 Å². The highest BCUT2D eigenvalue weighted by molar-refractivity contribution is 6.26. The summed E-state index contributed by atoms with van der Waals surface area (Å²) in [7, 11) is 0. The minimum Gasteiger partial charge on any atom is -0.511 e. The SMILES string of the molecule is C/C1=C\[C@@H]2[C@@H](O)C=C(C=O)C[C@]23OC(=O)/C(=C(/O)[C@@]2(C)[C@H]4[C@H](C=C[C@H]2/C(C)=C/C[C@@H]1O)[C@@H](O)[C@@H](C)C[C@@H]4C)C3=O. The molecule has 1 saturated carbocycles. The summed E-state index contributed by atoms with van der Waals surface area (Å²) in [6.45, 7) is 9.50. The van der Waals surface area contributed by atoms with Gasteiger partial charge >= 0.3 is 5.97 Å². The number of carbonyl (C=O) groups is 3. The summed E-state index contributed by atoms with van der Waals surface area (Å²) in [5.41, 5.74) is -2.12. The van der Waals surface area contributed by atoms with Gasteiger partial charge in [0.2, 0.25) is 5.78 Å². The van der Waals surface area contributed by atoms with Gasteiger partial charge in [-0.05, 0) is 61.7 Å². The third-order valence-electron chi connectivity index (χ3n) is 10.5. The third-order valence-corrected chi connectivity index (χ3v) is 10.5. The Morgan fingerprint density at radius 3 is 2.40 bits per heavy atom. The maximum Gasteiger partial charge on any atom is 0.346 e. The fourth-order valence-corrected chi connectivity index (χ4v) is 8.42. The molecule has 0 amide bonds. The van der Waals surface area contributed by atoms with E-state index in [0.29, 0.717) is 18.3 Å². The van der Waals surface area contributed by atoms with Crippen molar-refractivity contribution in [2.24, 2.45) is 40.9 Å². The van der Waals surface area contributed by atoms with Crippen molar-refractivity contribution in [3.63, 3.8) is 0 Å². The number of hydrogen-bond acceptors (Lipinski definition) is 8. The largest absolute Gasteiger partial charge is 0.511 e. The molecule has 2 bridgehead atoms. The first kappa shape index (κ1) is 28.7. The molecule has 0 radical (unpaired) electrons. The predicted octanol–water partition coefficient (Wildman–Crippen LogP) is 3.29. The summed E-state index contributed by atoms with van der Waals surface area (Å²) in [4.78, 5) is 39.7. The molecule has 0 aromatic carbocycles. The number of esters is 1. The highest BCUT2D eigenvalue weighted by atomic mass is 16.6. The minimum atomic E-state index is -1.94. The van der Waals surface area contributed by atoms with Gasteiger partial charge in [0.25, 0.3) is 0 Å². The number of aliphatic hydroxyl groups is 4. The molecule has 4 aliphatic carbocycles. The van der Waals surface area contributed by atoms with Gasteiger partial charge in [-0.1, -0.05) is 50.6 Å². The highest BCUT2D eigenvalue weighted by Crippen LogP contribution is 2.60.